The minimum atomic E-state index is -0.340. The fraction of sp³-hybridized carbons (Fsp3) is 0.467. The van der Waals surface area contributed by atoms with Crippen molar-refractivity contribution < 1.29 is 14.3 Å². The molecule has 1 unspecified atom stereocenters. The average Bonchev–Trinajstić information content (AvgIpc) is 2.48. The van der Waals surface area contributed by atoms with Crippen molar-refractivity contribution in [1.82, 2.24) is 5.32 Å². The molecule has 0 bridgehead atoms. The number of morpholine rings is 1. The minimum Gasteiger partial charge on any atom is -0.378 e. The van der Waals surface area contributed by atoms with E-state index in [4.69, 9.17) is 4.74 Å². The summed E-state index contributed by atoms with van der Waals surface area (Å²) in [7, 11) is 0. The van der Waals surface area contributed by atoms with Gasteiger partial charge in [0.25, 0.3) is 0 Å². The Bertz CT molecular complexity index is 517. The normalized spacial score (nSPS) is 17.5. The van der Waals surface area contributed by atoms with Gasteiger partial charge in [0.15, 0.2) is 0 Å². The highest BCUT2D eigenvalue weighted by Crippen LogP contribution is 2.16. The van der Waals surface area contributed by atoms with Gasteiger partial charge in [-0.15, -0.1) is 12.4 Å². The van der Waals surface area contributed by atoms with Crippen molar-refractivity contribution in [2.75, 3.05) is 30.4 Å². The molecule has 0 saturated carbocycles. The number of carbonyl (C=O) groups is 2. The number of nitrogens with one attached hydrogen (secondary N) is 3. The smallest absolute Gasteiger partial charge is 0.243 e. The Balaban J connectivity index is 0.00000242. The first-order valence-corrected chi connectivity index (χ1v) is 7.09. The van der Waals surface area contributed by atoms with Crippen LogP contribution in [-0.4, -0.2) is 37.6 Å². The van der Waals surface area contributed by atoms with Gasteiger partial charge in [0.1, 0.15) is 6.04 Å². The Morgan fingerprint density at radius 2 is 1.95 bits per heavy atom. The van der Waals surface area contributed by atoms with Crippen LogP contribution in [0.2, 0.25) is 0 Å². The fourth-order valence-corrected chi connectivity index (χ4v) is 1.92. The molecule has 1 atom stereocenters. The topological polar surface area (TPSA) is 79.5 Å². The van der Waals surface area contributed by atoms with Gasteiger partial charge in [-0.25, -0.2) is 0 Å². The molecular weight excluding hydrogens is 306 g/mol. The quantitative estimate of drug-likeness (QED) is 0.785. The van der Waals surface area contributed by atoms with E-state index in [0.717, 1.165) is 0 Å². The van der Waals surface area contributed by atoms with Crippen LogP contribution in [0.1, 0.15) is 13.8 Å². The summed E-state index contributed by atoms with van der Waals surface area (Å²) >= 11 is 0. The number of rotatable bonds is 4. The van der Waals surface area contributed by atoms with Gasteiger partial charge in [-0.05, 0) is 18.2 Å². The average molecular weight is 328 g/mol. The summed E-state index contributed by atoms with van der Waals surface area (Å²) in [5, 5.41) is 8.72. The van der Waals surface area contributed by atoms with Gasteiger partial charge in [0.05, 0.1) is 13.2 Å². The molecule has 1 aliphatic rings. The predicted octanol–water partition coefficient (Wildman–Crippen LogP) is 1.63. The Morgan fingerprint density at radius 1 is 1.27 bits per heavy atom. The van der Waals surface area contributed by atoms with Crippen LogP contribution in [0.3, 0.4) is 0 Å². The SMILES string of the molecule is CC(C)C(=O)Nc1cccc(NC(=O)C2COCCN2)c1.Cl. The van der Waals surface area contributed by atoms with E-state index >= 15 is 0 Å². The second-order valence-corrected chi connectivity index (χ2v) is 5.30. The maximum absolute atomic E-state index is 12.1. The van der Waals surface area contributed by atoms with E-state index in [1.54, 1.807) is 24.3 Å². The molecule has 2 amide bonds. The summed E-state index contributed by atoms with van der Waals surface area (Å²) in [6.07, 6.45) is 0. The Kier molecular flexibility index (Phi) is 7.31. The van der Waals surface area contributed by atoms with Gasteiger partial charge in [-0.1, -0.05) is 19.9 Å². The lowest BCUT2D eigenvalue weighted by Gasteiger charge is -2.23. The molecule has 1 aromatic rings. The summed E-state index contributed by atoms with van der Waals surface area (Å²) in [6.45, 7) is 5.32. The molecule has 1 saturated heterocycles. The van der Waals surface area contributed by atoms with Gasteiger partial charge >= 0.3 is 0 Å². The van der Waals surface area contributed by atoms with Crippen LogP contribution in [0.25, 0.3) is 0 Å². The van der Waals surface area contributed by atoms with Crippen LogP contribution in [0, 0.1) is 5.92 Å². The Morgan fingerprint density at radius 3 is 2.55 bits per heavy atom. The number of amides is 2. The molecule has 122 valence electrons. The zero-order chi connectivity index (χ0) is 15.2. The number of anilines is 2. The third-order valence-electron chi connectivity index (χ3n) is 3.16. The molecule has 22 heavy (non-hydrogen) atoms. The Hall–Kier alpha value is -1.63. The maximum atomic E-state index is 12.1. The lowest BCUT2D eigenvalue weighted by Crippen LogP contribution is -2.48. The van der Waals surface area contributed by atoms with Crippen molar-refractivity contribution in [3.05, 3.63) is 24.3 Å². The van der Waals surface area contributed by atoms with Crippen LogP contribution in [-0.2, 0) is 14.3 Å². The molecule has 7 heteroatoms. The molecule has 3 N–H and O–H groups in total. The second-order valence-electron chi connectivity index (χ2n) is 5.30. The van der Waals surface area contributed by atoms with Crippen molar-refractivity contribution in [1.29, 1.82) is 0 Å². The molecular formula is C15H22ClN3O3. The minimum absolute atomic E-state index is 0. The fourth-order valence-electron chi connectivity index (χ4n) is 1.92. The van der Waals surface area contributed by atoms with Crippen molar-refractivity contribution in [2.45, 2.75) is 19.9 Å². The van der Waals surface area contributed by atoms with Gasteiger partial charge < -0.3 is 20.7 Å². The van der Waals surface area contributed by atoms with E-state index in [2.05, 4.69) is 16.0 Å². The molecule has 1 aliphatic heterocycles. The number of halogens is 1. The van der Waals surface area contributed by atoms with Crippen LogP contribution in [0.15, 0.2) is 24.3 Å². The van der Waals surface area contributed by atoms with E-state index in [1.165, 1.54) is 0 Å². The van der Waals surface area contributed by atoms with Crippen LogP contribution >= 0.6 is 12.4 Å². The first-order chi connectivity index (χ1) is 10.1. The van der Waals surface area contributed by atoms with E-state index in [-0.39, 0.29) is 36.2 Å². The van der Waals surface area contributed by atoms with Crippen LogP contribution < -0.4 is 16.0 Å². The van der Waals surface area contributed by atoms with Crippen molar-refractivity contribution in [2.24, 2.45) is 5.92 Å². The summed E-state index contributed by atoms with van der Waals surface area (Å²) in [5.41, 5.74) is 1.31. The van der Waals surface area contributed by atoms with Gasteiger partial charge in [-0.2, -0.15) is 0 Å². The molecule has 0 aliphatic carbocycles. The first kappa shape index (κ1) is 18.4. The summed E-state index contributed by atoms with van der Waals surface area (Å²) in [5.74, 6) is -0.283. The van der Waals surface area contributed by atoms with Gasteiger partial charge in [-0.3, -0.25) is 9.59 Å². The van der Waals surface area contributed by atoms with Gasteiger partial charge in [0.2, 0.25) is 11.8 Å². The highest BCUT2D eigenvalue weighted by Gasteiger charge is 2.21. The molecule has 0 spiro atoms. The van der Waals surface area contributed by atoms with Crippen molar-refractivity contribution in [3.8, 4) is 0 Å². The van der Waals surface area contributed by atoms with E-state index in [9.17, 15) is 9.59 Å². The van der Waals surface area contributed by atoms with Crippen molar-refractivity contribution >= 4 is 35.6 Å². The zero-order valence-corrected chi connectivity index (χ0v) is 13.5. The van der Waals surface area contributed by atoms with Crippen molar-refractivity contribution in [3.63, 3.8) is 0 Å². The van der Waals surface area contributed by atoms with E-state index in [0.29, 0.717) is 31.1 Å². The monoisotopic (exact) mass is 327 g/mol. The lowest BCUT2D eigenvalue weighted by atomic mass is 10.2. The number of hydrogen-bond acceptors (Lipinski definition) is 4. The zero-order valence-electron chi connectivity index (χ0n) is 12.7. The van der Waals surface area contributed by atoms with Crippen LogP contribution in [0.5, 0.6) is 0 Å². The molecule has 0 radical (unpaired) electrons. The number of benzene rings is 1. The standard InChI is InChI=1S/C15H21N3O3.ClH/c1-10(2)14(19)17-11-4-3-5-12(8-11)18-15(20)13-9-21-7-6-16-13;/h3-5,8,10,13,16H,6-7,9H2,1-2H3,(H,17,19)(H,18,20);1H. The largest absolute Gasteiger partial charge is 0.378 e. The summed E-state index contributed by atoms with van der Waals surface area (Å²) < 4.78 is 5.26. The molecule has 0 aromatic heterocycles. The summed E-state index contributed by atoms with van der Waals surface area (Å²) in [6, 6.07) is 6.76. The Labute approximate surface area is 136 Å². The highest BCUT2D eigenvalue weighted by atomic mass is 35.5. The molecule has 6 nitrogen and oxygen atoms in total. The maximum Gasteiger partial charge on any atom is 0.243 e. The first-order valence-electron chi connectivity index (χ1n) is 7.09. The second kappa shape index (κ2) is 8.73. The highest BCUT2D eigenvalue weighted by molar-refractivity contribution is 5.96. The predicted molar refractivity (Wildman–Crippen MR) is 88.4 cm³/mol. The molecule has 1 aromatic carbocycles. The molecule has 1 fully saturated rings. The number of carbonyl (C=O) groups excluding carboxylic acids is 2. The molecule has 2 rings (SSSR count). The van der Waals surface area contributed by atoms with E-state index < -0.39 is 0 Å². The number of ether oxygens (including phenoxy) is 1. The third kappa shape index (κ3) is 5.29. The number of hydrogen-bond donors (Lipinski definition) is 3. The summed E-state index contributed by atoms with van der Waals surface area (Å²) in [4.78, 5) is 23.7. The lowest BCUT2D eigenvalue weighted by molar-refractivity contribution is -0.121. The van der Waals surface area contributed by atoms with Crippen LogP contribution in [0.4, 0.5) is 11.4 Å². The van der Waals surface area contributed by atoms with Gasteiger partial charge in [0, 0.05) is 23.8 Å². The van der Waals surface area contributed by atoms with E-state index in [1.807, 2.05) is 13.8 Å². The molecule has 1 heterocycles. The third-order valence-corrected chi connectivity index (χ3v) is 3.16.